The van der Waals surface area contributed by atoms with Crippen LogP contribution in [-0.4, -0.2) is 60.5 Å². The van der Waals surface area contributed by atoms with Gasteiger partial charge < -0.3 is 20.6 Å². The first-order valence-electron chi connectivity index (χ1n) is 11.6. The average Bonchev–Trinajstić information content (AvgIpc) is 3.04. The maximum atomic E-state index is 13.5. The summed E-state index contributed by atoms with van der Waals surface area (Å²) >= 11 is 0. The molecule has 0 spiro atoms. The van der Waals surface area contributed by atoms with Crippen molar-refractivity contribution in [2.24, 2.45) is 23.7 Å². The largest absolute Gasteiger partial charge is 0.396 e. The Kier molecular flexibility index (Phi) is 9.82. The van der Waals surface area contributed by atoms with Crippen LogP contribution in [0.5, 0.6) is 0 Å². The molecule has 5 atom stereocenters. The van der Waals surface area contributed by atoms with E-state index < -0.39 is 17.9 Å². The summed E-state index contributed by atoms with van der Waals surface area (Å²) in [5.41, 5.74) is 0. The number of carbonyl (C=O) groups excluding carboxylic acids is 3. The quantitative estimate of drug-likeness (QED) is 0.331. The number of hydrogen-bond acceptors (Lipinski definition) is 4. The number of aliphatic hydroxyl groups excluding tert-OH is 1. The molecule has 1 aliphatic heterocycles. The summed E-state index contributed by atoms with van der Waals surface area (Å²) in [6, 6.07) is -0.570. The number of rotatable bonds is 12. The van der Waals surface area contributed by atoms with Crippen molar-refractivity contribution in [1.82, 2.24) is 15.5 Å². The molecule has 0 aromatic rings. The lowest BCUT2D eigenvalue weighted by atomic mass is 9.69. The van der Waals surface area contributed by atoms with Crippen LogP contribution in [0.3, 0.4) is 0 Å². The van der Waals surface area contributed by atoms with Gasteiger partial charge in [0.15, 0.2) is 0 Å². The van der Waals surface area contributed by atoms with Crippen LogP contribution in [0.15, 0.2) is 12.2 Å². The first kappa shape index (κ1) is 24.4. The van der Waals surface area contributed by atoms with Crippen molar-refractivity contribution in [1.29, 1.82) is 0 Å². The van der Waals surface area contributed by atoms with E-state index in [0.717, 1.165) is 38.5 Å². The van der Waals surface area contributed by atoms with E-state index in [4.69, 9.17) is 5.11 Å². The number of allylic oxidation sites excluding steroid dienone is 1. The third-order valence-electron chi connectivity index (χ3n) is 6.54. The third kappa shape index (κ3) is 5.42. The highest BCUT2D eigenvalue weighted by Crippen LogP contribution is 2.44. The number of carbonyl (C=O) groups is 3. The highest BCUT2D eigenvalue weighted by Gasteiger charge is 2.56. The van der Waals surface area contributed by atoms with Crippen molar-refractivity contribution in [2.75, 3.05) is 26.7 Å². The molecule has 1 aliphatic carbocycles. The minimum Gasteiger partial charge on any atom is -0.396 e. The maximum absolute atomic E-state index is 13.5. The van der Waals surface area contributed by atoms with Crippen LogP contribution >= 0.6 is 0 Å². The predicted molar refractivity (Wildman–Crippen MR) is 116 cm³/mol. The fourth-order valence-corrected chi connectivity index (χ4v) is 4.91. The van der Waals surface area contributed by atoms with Gasteiger partial charge >= 0.3 is 0 Å². The zero-order valence-electron chi connectivity index (χ0n) is 18.7. The molecule has 0 radical (unpaired) electrons. The molecular formula is C23H39N3O4. The van der Waals surface area contributed by atoms with Crippen molar-refractivity contribution in [3.05, 3.63) is 12.2 Å². The van der Waals surface area contributed by atoms with E-state index in [0.29, 0.717) is 19.5 Å². The summed E-state index contributed by atoms with van der Waals surface area (Å²) in [6.07, 6.45) is 10.1. The molecule has 7 heteroatoms. The van der Waals surface area contributed by atoms with Crippen molar-refractivity contribution in [3.63, 3.8) is 0 Å². The molecule has 1 heterocycles. The lowest BCUT2D eigenvalue weighted by Gasteiger charge is -2.33. The summed E-state index contributed by atoms with van der Waals surface area (Å²) in [5, 5.41) is 14.8. The van der Waals surface area contributed by atoms with Gasteiger partial charge in [-0.1, -0.05) is 38.8 Å². The minimum atomic E-state index is -0.570. The molecule has 30 heavy (non-hydrogen) atoms. The van der Waals surface area contributed by atoms with Gasteiger partial charge in [-0.2, -0.15) is 0 Å². The van der Waals surface area contributed by atoms with Crippen molar-refractivity contribution in [3.8, 4) is 0 Å². The molecule has 1 saturated heterocycles. The molecule has 2 rings (SSSR count). The van der Waals surface area contributed by atoms with Crippen LogP contribution in [0, 0.1) is 23.7 Å². The molecule has 1 fully saturated rings. The lowest BCUT2D eigenvalue weighted by Crippen LogP contribution is -2.48. The number of aliphatic hydroxyl groups is 1. The lowest BCUT2D eigenvalue weighted by molar-refractivity contribution is -0.140. The summed E-state index contributed by atoms with van der Waals surface area (Å²) in [4.78, 5) is 41.0. The molecule has 3 N–H and O–H groups in total. The number of nitrogens with zero attached hydrogens (tertiary/aromatic N) is 1. The fourth-order valence-electron chi connectivity index (χ4n) is 4.91. The van der Waals surface area contributed by atoms with Crippen molar-refractivity contribution in [2.45, 2.75) is 64.8 Å². The molecule has 170 valence electrons. The second kappa shape index (κ2) is 12.1. The molecule has 0 unspecified atom stereocenters. The molecule has 0 aromatic heterocycles. The van der Waals surface area contributed by atoms with Gasteiger partial charge in [-0.25, -0.2) is 0 Å². The summed E-state index contributed by atoms with van der Waals surface area (Å²) in [5.74, 6) is -1.56. The topological polar surface area (TPSA) is 98.7 Å². The second-order valence-corrected chi connectivity index (χ2v) is 8.46. The Labute approximate surface area is 180 Å². The number of nitrogens with one attached hydrogen (secondary N) is 2. The Morgan fingerprint density at radius 3 is 2.47 bits per heavy atom. The van der Waals surface area contributed by atoms with Gasteiger partial charge in [0.25, 0.3) is 0 Å². The number of unbranched alkanes of at least 4 members (excludes halogenated alkanes) is 4. The van der Waals surface area contributed by atoms with Crippen LogP contribution in [0.2, 0.25) is 0 Å². The number of hydrogen-bond donors (Lipinski definition) is 3. The molecule has 0 aromatic carbocycles. The summed E-state index contributed by atoms with van der Waals surface area (Å²) < 4.78 is 0. The zero-order valence-corrected chi connectivity index (χ0v) is 18.7. The van der Waals surface area contributed by atoms with E-state index in [9.17, 15) is 14.4 Å². The Morgan fingerprint density at radius 2 is 1.83 bits per heavy atom. The molecule has 2 aliphatic rings. The summed E-state index contributed by atoms with van der Waals surface area (Å²) in [6.45, 7) is 5.35. The van der Waals surface area contributed by atoms with Gasteiger partial charge in [0.1, 0.15) is 6.04 Å². The van der Waals surface area contributed by atoms with Gasteiger partial charge in [-0.3, -0.25) is 14.4 Å². The van der Waals surface area contributed by atoms with Crippen LogP contribution in [0.4, 0.5) is 0 Å². The van der Waals surface area contributed by atoms with E-state index in [1.54, 1.807) is 11.9 Å². The Bertz CT molecular complexity index is 622. The van der Waals surface area contributed by atoms with E-state index in [1.807, 2.05) is 19.1 Å². The van der Waals surface area contributed by atoms with Gasteiger partial charge in [0, 0.05) is 32.7 Å². The standard InChI is InChI=1S/C23H39N3O4/c1-4-6-8-13-25-22(29)20-17-12-11-16(5-2)18(21(28)24-3)19(17)23(30)26(20)14-9-7-10-15-27/h11-12,16-20,27H,4-10,13-15H2,1-3H3,(H,24,28)(H,25,29)/t16-,17+,18-,19+,20+/m1/s1. The molecule has 0 saturated carbocycles. The van der Waals surface area contributed by atoms with Crippen LogP contribution in [0.25, 0.3) is 0 Å². The highest BCUT2D eigenvalue weighted by atomic mass is 16.3. The molecule has 0 bridgehead atoms. The van der Waals surface area contributed by atoms with Gasteiger partial charge in [-0.05, 0) is 38.0 Å². The van der Waals surface area contributed by atoms with Crippen LogP contribution in [0.1, 0.15) is 58.8 Å². The first-order valence-corrected chi connectivity index (χ1v) is 11.6. The minimum absolute atomic E-state index is 0.00208. The number of amides is 3. The molecule has 7 nitrogen and oxygen atoms in total. The van der Waals surface area contributed by atoms with Crippen molar-refractivity contribution < 1.29 is 19.5 Å². The second-order valence-electron chi connectivity index (χ2n) is 8.46. The SMILES string of the molecule is CCCCCNC(=O)[C@@H]1[C@H]2C=C[C@@H](CC)[C@@H](C(=O)NC)[C@H]2C(=O)N1CCCCCO. The first-order chi connectivity index (χ1) is 14.5. The predicted octanol–water partition coefficient (Wildman–Crippen LogP) is 1.86. The van der Waals surface area contributed by atoms with Gasteiger partial charge in [0.2, 0.25) is 17.7 Å². The third-order valence-corrected chi connectivity index (χ3v) is 6.54. The Morgan fingerprint density at radius 1 is 1.07 bits per heavy atom. The van der Waals surface area contributed by atoms with Gasteiger partial charge in [0.05, 0.1) is 11.8 Å². The smallest absolute Gasteiger partial charge is 0.243 e. The molecular weight excluding hydrogens is 382 g/mol. The zero-order chi connectivity index (χ0) is 22.1. The number of likely N-dealkylation sites (tertiary alicyclic amines) is 1. The normalized spacial score (nSPS) is 27.8. The van der Waals surface area contributed by atoms with E-state index in [2.05, 4.69) is 17.6 Å². The maximum Gasteiger partial charge on any atom is 0.243 e. The monoisotopic (exact) mass is 421 g/mol. The van der Waals surface area contributed by atoms with Crippen LogP contribution < -0.4 is 10.6 Å². The van der Waals surface area contributed by atoms with E-state index in [1.165, 1.54) is 0 Å². The Hall–Kier alpha value is -1.89. The van der Waals surface area contributed by atoms with Crippen LogP contribution in [-0.2, 0) is 14.4 Å². The average molecular weight is 422 g/mol. The highest BCUT2D eigenvalue weighted by molar-refractivity contribution is 5.96. The van der Waals surface area contributed by atoms with Gasteiger partial charge in [-0.15, -0.1) is 0 Å². The molecule has 3 amide bonds. The summed E-state index contributed by atoms with van der Waals surface area (Å²) in [7, 11) is 1.60. The fraction of sp³-hybridized carbons (Fsp3) is 0.783. The number of fused-ring (bicyclic) bond motifs is 1. The van der Waals surface area contributed by atoms with Crippen molar-refractivity contribution >= 4 is 17.7 Å². The Balaban J connectivity index is 2.26. The van der Waals surface area contributed by atoms with E-state index in [-0.39, 0.29) is 36.2 Å². The van der Waals surface area contributed by atoms with E-state index >= 15 is 0 Å².